The van der Waals surface area contributed by atoms with Crippen LogP contribution in [0.15, 0.2) is 0 Å². The second kappa shape index (κ2) is 7.31. The molecule has 1 atom stereocenters. The van der Waals surface area contributed by atoms with Crippen molar-refractivity contribution in [3.63, 3.8) is 0 Å². The molecule has 1 aliphatic rings. The third-order valence-electron chi connectivity index (χ3n) is 3.59. The van der Waals surface area contributed by atoms with E-state index < -0.39 is 0 Å². The van der Waals surface area contributed by atoms with Crippen molar-refractivity contribution in [2.45, 2.75) is 19.9 Å². The summed E-state index contributed by atoms with van der Waals surface area (Å²) in [5.74, 6) is 0.0452. The van der Waals surface area contributed by atoms with Crippen LogP contribution in [0, 0.1) is 13.8 Å². The summed E-state index contributed by atoms with van der Waals surface area (Å²) in [5, 5.41) is 9.91. The largest absolute Gasteiger partial charge is 0.395 e. The molecule has 21 heavy (non-hydrogen) atoms. The molecule has 1 saturated heterocycles. The van der Waals surface area contributed by atoms with E-state index in [0.717, 1.165) is 15.6 Å². The van der Waals surface area contributed by atoms with Crippen molar-refractivity contribution in [3.8, 4) is 0 Å². The molecular formula is C14H23N3O3S. The summed E-state index contributed by atoms with van der Waals surface area (Å²) in [6, 6.07) is 0.0182. The molecule has 1 aromatic heterocycles. The maximum Gasteiger partial charge on any atom is 0.266 e. The highest BCUT2D eigenvalue weighted by Gasteiger charge is 2.30. The summed E-state index contributed by atoms with van der Waals surface area (Å²) in [6.45, 7) is 6.92. The van der Waals surface area contributed by atoms with Crippen molar-refractivity contribution in [2.24, 2.45) is 0 Å². The number of aliphatic hydroxyl groups is 1. The van der Waals surface area contributed by atoms with Gasteiger partial charge in [-0.15, -0.1) is 11.3 Å². The zero-order valence-electron chi connectivity index (χ0n) is 12.8. The van der Waals surface area contributed by atoms with Gasteiger partial charge in [0.2, 0.25) is 0 Å². The first kappa shape index (κ1) is 16.4. The number of amides is 1. The standard InChI is InChI=1S/C14H23N3O3S/c1-10-13(21-11(2)15-10)14(19)17-5-7-20-9-12(17)8-16(3)4-6-18/h12,18H,4-9H2,1-3H3/t12-/m0/s1. The number of ether oxygens (including phenoxy) is 1. The summed E-state index contributed by atoms with van der Waals surface area (Å²) in [7, 11) is 1.94. The fraction of sp³-hybridized carbons (Fsp3) is 0.714. The fourth-order valence-corrected chi connectivity index (χ4v) is 3.43. The molecule has 6 nitrogen and oxygen atoms in total. The summed E-state index contributed by atoms with van der Waals surface area (Å²) in [6.07, 6.45) is 0. The van der Waals surface area contributed by atoms with Crippen molar-refractivity contribution in [3.05, 3.63) is 15.6 Å². The first-order valence-electron chi connectivity index (χ1n) is 7.15. The maximum absolute atomic E-state index is 12.8. The normalized spacial score (nSPS) is 19.3. The first-order valence-corrected chi connectivity index (χ1v) is 7.96. The minimum Gasteiger partial charge on any atom is -0.395 e. The number of likely N-dealkylation sites (N-methyl/N-ethyl adjacent to an activating group) is 1. The minimum absolute atomic E-state index is 0.0182. The van der Waals surface area contributed by atoms with Gasteiger partial charge >= 0.3 is 0 Å². The Balaban J connectivity index is 2.10. The maximum atomic E-state index is 12.8. The van der Waals surface area contributed by atoms with Crippen LogP contribution in [0.3, 0.4) is 0 Å². The lowest BCUT2D eigenvalue weighted by Crippen LogP contribution is -2.53. The van der Waals surface area contributed by atoms with Gasteiger partial charge in [-0.25, -0.2) is 4.98 Å². The molecule has 0 bridgehead atoms. The van der Waals surface area contributed by atoms with Crippen LogP contribution < -0.4 is 0 Å². The van der Waals surface area contributed by atoms with Crippen LogP contribution in [0.25, 0.3) is 0 Å². The van der Waals surface area contributed by atoms with Gasteiger partial charge in [0.1, 0.15) is 4.88 Å². The monoisotopic (exact) mass is 313 g/mol. The SMILES string of the molecule is Cc1nc(C)c(C(=O)N2CCOC[C@@H]2CN(C)CCO)s1. The second-order valence-corrected chi connectivity index (χ2v) is 6.56. The summed E-state index contributed by atoms with van der Waals surface area (Å²) >= 11 is 1.45. The Morgan fingerprint density at radius 2 is 2.33 bits per heavy atom. The number of aliphatic hydroxyl groups excluding tert-OH is 1. The molecule has 7 heteroatoms. The van der Waals surface area contributed by atoms with E-state index >= 15 is 0 Å². The van der Waals surface area contributed by atoms with Crippen molar-refractivity contribution in [1.82, 2.24) is 14.8 Å². The molecule has 0 unspecified atom stereocenters. The number of thiazole rings is 1. The lowest BCUT2D eigenvalue weighted by Gasteiger charge is -2.37. The molecular weight excluding hydrogens is 290 g/mol. The van der Waals surface area contributed by atoms with Gasteiger partial charge in [-0.2, -0.15) is 0 Å². The highest BCUT2D eigenvalue weighted by atomic mass is 32.1. The van der Waals surface area contributed by atoms with Crippen molar-refractivity contribution >= 4 is 17.2 Å². The molecule has 2 heterocycles. The molecule has 1 aromatic rings. The Kier molecular flexibility index (Phi) is 5.69. The number of nitrogens with zero attached hydrogens (tertiary/aromatic N) is 3. The quantitative estimate of drug-likeness (QED) is 0.859. The molecule has 2 rings (SSSR count). The van der Waals surface area contributed by atoms with E-state index in [-0.39, 0.29) is 18.6 Å². The Morgan fingerprint density at radius 3 is 2.95 bits per heavy atom. The van der Waals surface area contributed by atoms with Crippen molar-refractivity contribution in [2.75, 3.05) is 46.5 Å². The van der Waals surface area contributed by atoms with E-state index in [1.54, 1.807) is 0 Å². The number of aryl methyl sites for hydroxylation is 2. The van der Waals surface area contributed by atoms with E-state index in [2.05, 4.69) is 4.98 Å². The average molecular weight is 313 g/mol. The van der Waals surface area contributed by atoms with E-state index in [4.69, 9.17) is 9.84 Å². The van der Waals surface area contributed by atoms with Crippen LogP contribution in [0.4, 0.5) is 0 Å². The van der Waals surface area contributed by atoms with Crippen molar-refractivity contribution in [1.29, 1.82) is 0 Å². The van der Waals surface area contributed by atoms with Gasteiger partial charge in [-0.3, -0.25) is 4.79 Å². The topological polar surface area (TPSA) is 65.9 Å². The molecule has 1 amide bonds. The van der Waals surface area contributed by atoms with Crippen LogP contribution in [0.5, 0.6) is 0 Å². The Labute approximate surface area is 129 Å². The predicted octanol–water partition coefficient (Wildman–Crippen LogP) is 0.525. The zero-order valence-corrected chi connectivity index (χ0v) is 13.7. The molecule has 0 saturated carbocycles. The Bertz CT molecular complexity index is 492. The summed E-state index contributed by atoms with van der Waals surface area (Å²) in [5.41, 5.74) is 0.802. The summed E-state index contributed by atoms with van der Waals surface area (Å²) in [4.78, 5) is 21.7. The van der Waals surface area contributed by atoms with Crippen molar-refractivity contribution < 1.29 is 14.6 Å². The van der Waals surface area contributed by atoms with E-state index in [1.807, 2.05) is 30.7 Å². The van der Waals surface area contributed by atoms with E-state index in [0.29, 0.717) is 32.8 Å². The summed E-state index contributed by atoms with van der Waals surface area (Å²) < 4.78 is 5.52. The highest BCUT2D eigenvalue weighted by Crippen LogP contribution is 2.21. The van der Waals surface area contributed by atoms with Gasteiger partial charge in [0.15, 0.2) is 0 Å². The average Bonchev–Trinajstić information content (AvgIpc) is 2.78. The van der Waals surface area contributed by atoms with Crippen LogP contribution in [-0.4, -0.2) is 78.3 Å². The minimum atomic E-state index is 0.0182. The third-order valence-corrected chi connectivity index (χ3v) is 4.65. The van der Waals surface area contributed by atoms with Gasteiger partial charge in [0.25, 0.3) is 5.91 Å². The number of carbonyl (C=O) groups excluding carboxylic acids is 1. The molecule has 1 fully saturated rings. The molecule has 0 aliphatic carbocycles. The molecule has 0 spiro atoms. The van der Waals surface area contributed by atoms with Gasteiger partial charge in [-0.05, 0) is 20.9 Å². The van der Waals surface area contributed by atoms with Gasteiger partial charge < -0.3 is 19.6 Å². The molecule has 0 aromatic carbocycles. The van der Waals surface area contributed by atoms with Gasteiger partial charge in [0, 0.05) is 19.6 Å². The lowest BCUT2D eigenvalue weighted by atomic mass is 10.2. The number of hydrogen-bond donors (Lipinski definition) is 1. The van der Waals surface area contributed by atoms with E-state index in [9.17, 15) is 4.79 Å². The van der Waals surface area contributed by atoms with Gasteiger partial charge in [-0.1, -0.05) is 0 Å². The molecule has 118 valence electrons. The highest BCUT2D eigenvalue weighted by molar-refractivity contribution is 7.13. The molecule has 1 aliphatic heterocycles. The van der Waals surface area contributed by atoms with E-state index in [1.165, 1.54) is 11.3 Å². The number of aromatic nitrogens is 1. The number of carbonyl (C=O) groups is 1. The number of rotatable bonds is 5. The van der Waals surface area contributed by atoms with Crippen LogP contribution in [-0.2, 0) is 4.74 Å². The fourth-order valence-electron chi connectivity index (χ4n) is 2.56. The zero-order chi connectivity index (χ0) is 15.4. The third kappa shape index (κ3) is 4.00. The van der Waals surface area contributed by atoms with Crippen LogP contribution in [0.2, 0.25) is 0 Å². The van der Waals surface area contributed by atoms with Crippen LogP contribution >= 0.6 is 11.3 Å². The number of morpholine rings is 1. The Hall–Kier alpha value is -1.02. The second-order valence-electron chi connectivity index (χ2n) is 5.36. The number of hydrogen-bond acceptors (Lipinski definition) is 6. The molecule has 0 radical (unpaired) electrons. The molecule has 1 N–H and O–H groups in total. The first-order chi connectivity index (χ1) is 10.0. The predicted molar refractivity (Wildman–Crippen MR) is 81.8 cm³/mol. The Morgan fingerprint density at radius 1 is 1.57 bits per heavy atom. The smallest absolute Gasteiger partial charge is 0.266 e. The lowest BCUT2D eigenvalue weighted by molar-refractivity contribution is -0.0107. The van der Waals surface area contributed by atoms with Crippen LogP contribution in [0.1, 0.15) is 20.4 Å². The van der Waals surface area contributed by atoms with Gasteiger partial charge in [0.05, 0.1) is 36.6 Å².